The van der Waals surface area contributed by atoms with E-state index in [1.54, 1.807) is 11.4 Å². The number of aliphatic hydroxyl groups excluding tert-OH is 1. The van der Waals surface area contributed by atoms with E-state index in [9.17, 15) is 18.0 Å². The van der Waals surface area contributed by atoms with E-state index in [1.165, 1.54) is 18.2 Å². The van der Waals surface area contributed by atoms with E-state index in [4.69, 9.17) is 5.11 Å². The van der Waals surface area contributed by atoms with Crippen molar-refractivity contribution in [1.82, 2.24) is 0 Å². The third kappa shape index (κ3) is 4.11. The fourth-order valence-corrected chi connectivity index (χ4v) is 1.11. The number of benzene rings is 1. The zero-order valence-electron chi connectivity index (χ0n) is 9.21. The summed E-state index contributed by atoms with van der Waals surface area (Å²) in [7, 11) is 0. The summed E-state index contributed by atoms with van der Waals surface area (Å²) in [5.74, 6) is 3.11. The molecule has 0 aromatic heterocycles. The molecule has 1 amide bonds. The fraction of sp³-hybridized carbons (Fsp3) is 0.250. The van der Waals surface area contributed by atoms with Crippen LogP contribution < -0.4 is 5.32 Å². The summed E-state index contributed by atoms with van der Waals surface area (Å²) in [6, 6.07) is 5.89. The summed E-state index contributed by atoms with van der Waals surface area (Å²) >= 11 is 0. The maximum atomic E-state index is 12.1. The van der Waals surface area contributed by atoms with Crippen molar-refractivity contribution in [3.8, 4) is 11.8 Å². The first-order valence-corrected chi connectivity index (χ1v) is 5.02. The molecule has 0 heterocycles. The fourth-order valence-electron chi connectivity index (χ4n) is 1.11. The molecule has 1 aromatic rings. The molecule has 1 rings (SSSR count). The van der Waals surface area contributed by atoms with Gasteiger partial charge in [-0.1, -0.05) is 24.0 Å². The molecule has 0 bridgehead atoms. The van der Waals surface area contributed by atoms with Gasteiger partial charge in [0, 0.05) is 12.0 Å². The maximum absolute atomic E-state index is 12.1. The van der Waals surface area contributed by atoms with Gasteiger partial charge in [0.2, 0.25) is 0 Å². The Bertz CT molecular complexity index is 486. The number of anilines is 1. The van der Waals surface area contributed by atoms with Gasteiger partial charge in [0.05, 0.1) is 12.3 Å². The Kier molecular flexibility index (Phi) is 4.75. The van der Waals surface area contributed by atoms with Crippen molar-refractivity contribution < 1.29 is 23.1 Å². The first kappa shape index (κ1) is 14.1. The predicted octanol–water partition coefficient (Wildman–Crippen LogP) is 1.92. The van der Waals surface area contributed by atoms with Crippen LogP contribution in [-0.2, 0) is 4.79 Å². The van der Waals surface area contributed by atoms with Gasteiger partial charge in [0.15, 0.2) is 0 Å². The van der Waals surface area contributed by atoms with Crippen LogP contribution in [0, 0.1) is 11.8 Å². The number of hydrogen-bond acceptors (Lipinski definition) is 2. The lowest BCUT2D eigenvalue weighted by Crippen LogP contribution is -2.30. The van der Waals surface area contributed by atoms with Crippen LogP contribution in [0.1, 0.15) is 12.0 Å². The van der Waals surface area contributed by atoms with Crippen LogP contribution >= 0.6 is 0 Å². The summed E-state index contributed by atoms with van der Waals surface area (Å²) in [6.45, 7) is -0.135. The van der Waals surface area contributed by atoms with Crippen molar-refractivity contribution in [3.05, 3.63) is 29.8 Å². The van der Waals surface area contributed by atoms with Gasteiger partial charge in [0.1, 0.15) is 0 Å². The molecule has 1 aromatic carbocycles. The number of para-hydroxylation sites is 1. The number of carbonyl (C=O) groups is 1. The number of alkyl halides is 3. The first-order valence-electron chi connectivity index (χ1n) is 5.02. The van der Waals surface area contributed by atoms with Crippen LogP contribution in [0.25, 0.3) is 0 Å². The van der Waals surface area contributed by atoms with E-state index < -0.39 is 12.1 Å². The quantitative estimate of drug-likeness (QED) is 0.795. The summed E-state index contributed by atoms with van der Waals surface area (Å²) in [5, 5.41) is 10.3. The molecule has 0 saturated carbocycles. The Labute approximate surface area is 102 Å². The minimum absolute atomic E-state index is 0.00901. The lowest BCUT2D eigenvalue weighted by Gasteiger charge is -2.09. The highest BCUT2D eigenvalue weighted by Crippen LogP contribution is 2.20. The average molecular weight is 257 g/mol. The van der Waals surface area contributed by atoms with Crippen LogP contribution in [0.5, 0.6) is 0 Å². The molecular formula is C12H10F3NO2. The van der Waals surface area contributed by atoms with Crippen LogP contribution in [-0.4, -0.2) is 23.8 Å². The second-order valence-corrected chi connectivity index (χ2v) is 3.27. The van der Waals surface area contributed by atoms with E-state index in [-0.39, 0.29) is 24.3 Å². The number of aliphatic hydroxyl groups is 1. The summed E-state index contributed by atoms with van der Waals surface area (Å²) < 4.78 is 36.3. The van der Waals surface area contributed by atoms with E-state index in [1.807, 2.05) is 0 Å². The SMILES string of the molecule is O=C(Nc1ccccc1C#CCCO)C(F)(F)F. The van der Waals surface area contributed by atoms with Gasteiger partial charge in [-0.15, -0.1) is 0 Å². The molecule has 6 heteroatoms. The minimum Gasteiger partial charge on any atom is -0.395 e. The topological polar surface area (TPSA) is 49.3 Å². The zero-order valence-corrected chi connectivity index (χ0v) is 9.21. The molecule has 3 nitrogen and oxygen atoms in total. The normalized spacial score (nSPS) is 10.4. The standard InChI is InChI=1S/C12H10F3NO2/c13-12(14,15)11(18)16-10-7-2-1-5-9(10)6-3-4-8-17/h1-2,5,7,17H,4,8H2,(H,16,18). The molecule has 0 fully saturated rings. The lowest BCUT2D eigenvalue weighted by molar-refractivity contribution is -0.167. The molecule has 0 atom stereocenters. The Hall–Kier alpha value is -2.00. The van der Waals surface area contributed by atoms with Crippen LogP contribution in [0.4, 0.5) is 18.9 Å². The van der Waals surface area contributed by atoms with Gasteiger partial charge in [-0.25, -0.2) is 0 Å². The highest BCUT2D eigenvalue weighted by Gasteiger charge is 2.38. The lowest BCUT2D eigenvalue weighted by atomic mass is 10.1. The molecule has 0 aliphatic rings. The van der Waals surface area contributed by atoms with Crippen molar-refractivity contribution in [2.24, 2.45) is 0 Å². The molecular weight excluding hydrogens is 247 g/mol. The minimum atomic E-state index is -4.94. The molecule has 0 spiro atoms. The number of rotatable bonds is 2. The van der Waals surface area contributed by atoms with E-state index >= 15 is 0 Å². The highest BCUT2D eigenvalue weighted by atomic mass is 19.4. The molecule has 2 N–H and O–H groups in total. The molecule has 0 unspecified atom stereocenters. The molecule has 0 radical (unpaired) electrons. The third-order valence-electron chi connectivity index (χ3n) is 1.89. The number of hydrogen-bond donors (Lipinski definition) is 2. The largest absolute Gasteiger partial charge is 0.471 e. The molecule has 18 heavy (non-hydrogen) atoms. The molecule has 0 aliphatic heterocycles. The van der Waals surface area contributed by atoms with Gasteiger partial charge in [0.25, 0.3) is 0 Å². The second-order valence-electron chi connectivity index (χ2n) is 3.27. The van der Waals surface area contributed by atoms with Gasteiger partial charge >= 0.3 is 12.1 Å². The smallest absolute Gasteiger partial charge is 0.395 e. The van der Waals surface area contributed by atoms with Crippen molar-refractivity contribution in [3.63, 3.8) is 0 Å². The second kappa shape index (κ2) is 6.07. The van der Waals surface area contributed by atoms with E-state index in [0.29, 0.717) is 0 Å². The maximum Gasteiger partial charge on any atom is 0.471 e. The van der Waals surface area contributed by atoms with E-state index in [2.05, 4.69) is 11.8 Å². The van der Waals surface area contributed by atoms with E-state index in [0.717, 1.165) is 0 Å². The van der Waals surface area contributed by atoms with Gasteiger partial charge in [-0.2, -0.15) is 13.2 Å². The van der Waals surface area contributed by atoms with Crippen LogP contribution in [0.15, 0.2) is 24.3 Å². The number of carbonyl (C=O) groups excluding carboxylic acids is 1. The summed E-state index contributed by atoms with van der Waals surface area (Å²) in [6.07, 6.45) is -4.73. The molecule has 96 valence electrons. The zero-order chi connectivity index (χ0) is 13.6. The first-order chi connectivity index (χ1) is 8.45. The number of nitrogens with one attached hydrogen (secondary N) is 1. The Morgan fingerprint density at radius 1 is 1.33 bits per heavy atom. The van der Waals surface area contributed by atoms with Gasteiger partial charge < -0.3 is 10.4 Å². The predicted molar refractivity (Wildman–Crippen MR) is 59.7 cm³/mol. The van der Waals surface area contributed by atoms with Crippen molar-refractivity contribution in [1.29, 1.82) is 0 Å². The molecule has 0 aliphatic carbocycles. The highest BCUT2D eigenvalue weighted by molar-refractivity contribution is 5.96. The Morgan fingerprint density at radius 2 is 2.00 bits per heavy atom. The summed E-state index contributed by atoms with van der Waals surface area (Å²) in [5.41, 5.74) is 0.258. The van der Waals surface area contributed by atoms with Crippen LogP contribution in [0.2, 0.25) is 0 Å². The van der Waals surface area contributed by atoms with Gasteiger partial charge in [-0.05, 0) is 12.1 Å². The van der Waals surface area contributed by atoms with Crippen molar-refractivity contribution >= 4 is 11.6 Å². The van der Waals surface area contributed by atoms with Crippen LogP contribution in [0.3, 0.4) is 0 Å². The number of amides is 1. The van der Waals surface area contributed by atoms with Gasteiger partial charge in [-0.3, -0.25) is 4.79 Å². The molecule has 0 saturated heterocycles. The summed E-state index contributed by atoms with van der Waals surface area (Å²) in [4.78, 5) is 10.8. The van der Waals surface area contributed by atoms with Crippen molar-refractivity contribution in [2.45, 2.75) is 12.6 Å². The Morgan fingerprint density at radius 3 is 2.61 bits per heavy atom. The van der Waals surface area contributed by atoms with Crippen molar-refractivity contribution in [2.75, 3.05) is 11.9 Å². The number of halogens is 3. The third-order valence-corrected chi connectivity index (χ3v) is 1.89. The Balaban J connectivity index is 2.90. The average Bonchev–Trinajstić information content (AvgIpc) is 2.30. The monoisotopic (exact) mass is 257 g/mol.